The van der Waals surface area contributed by atoms with E-state index in [4.69, 9.17) is 4.74 Å². The van der Waals surface area contributed by atoms with Crippen LogP contribution in [0, 0.1) is 0 Å². The minimum atomic E-state index is -0.257. The average Bonchev–Trinajstić information content (AvgIpc) is 2.77. The van der Waals surface area contributed by atoms with Crippen molar-refractivity contribution in [3.8, 4) is 0 Å². The number of carbonyl (C=O) groups is 1. The summed E-state index contributed by atoms with van der Waals surface area (Å²) < 4.78 is 5.28. The number of ether oxygens (including phenoxy) is 1. The Morgan fingerprint density at radius 3 is 2.64 bits per heavy atom. The Morgan fingerprint density at radius 1 is 1.43 bits per heavy atom. The van der Waals surface area contributed by atoms with Crippen molar-refractivity contribution < 1.29 is 9.53 Å². The summed E-state index contributed by atoms with van der Waals surface area (Å²) in [7, 11) is 0. The molecule has 1 aromatic carbocycles. The van der Waals surface area contributed by atoms with Gasteiger partial charge in [0.15, 0.2) is 0 Å². The summed E-state index contributed by atoms with van der Waals surface area (Å²) in [6.45, 7) is 3.46. The lowest BCUT2D eigenvalue weighted by Gasteiger charge is -2.11. The summed E-state index contributed by atoms with van der Waals surface area (Å²) in [5.74, 6) is 0.193. The summed E-state index contributed by atoms with van der Waals surface area (Å²) in [6, 6.07) is 10.2. The van der Waals surface area contributed by atoms with Crippen LogP contribution in [0.2, 0.25) is 0 Å². The Hall–Kier alpha value is -1.31. The van der Waals surface area contributed by atoms with E-state index in [1.54, 1.807) is 0 Å². The number of hydrogen-bond donors (Lipinski definition) is 0. The van der Waals surface area contributed by atoms with Crippen LogP contribution in [0.5, 0.6) is 0 Å². The van der Waals surface area contributed by atoms with E-state index in [-0.39, 0.29) is 11.6 Å². The predicted molar refractivity (Wildman–Crippen MR) is 54.0 cm³/mol. The Bertz CT molecular complexity index is 345. The molecule has 2 atom stereocenters. The van der Waals surface area contributed by atoms with Crippen LogP contribution < -0.4 is 0 Å². The normalized spacial score (nSPS) is 29.7. The van der Waals surface area contributed by atoms with Crippen molar-refractivity contribution in [1.29, 1.82) is 0 Å². The molecule has 2 nitrogen and oxygen atoms in total. The molecule has 1 aliphatic rings. The number of carbonyl (C=O) groups excluding carboxylic acids is 1. The van der Waals surface area contributed by atoms with Crippen LogP contribution in [0.1, 0.15) is 31.7 Å². The third kappa shape index (κ3) is 1.65. The molecule has 1 saturated carbocycles. The van der Waals surface area contributed by atoms with Gasteiger partial charge in [-0.15, -0.1) is 0 Å². The highest BCUT2D eigenvalue weighted by Crippen LogP contribution is 2.53. The van der Waals surface area contributed by atoms with E-state index in [0.29, 0.717) is 5.92 Å². The second kappa shape index (κ2) is 3.12. The van der Waals surface area contributed by atoms with Crippen molar-refractivity contribution in [2.75, 3.05) is 0 Å². The molecule has 0 radical (unpaired) electrons. The molecule has 0 N–H and O–H groups in total. The summed E-state index contributed by atoms with van der Waals surface area (Å²) in [6.07, 6.45) is 0.941. The quantitative estimate of drug-likeness (QED) is 0.670. The highest BCUT2D eigenvalue weighted by Gasteiger charge is 2.54. The SMILES string of the molecule is CC(=O)O[C@]1(C)C[C@H]1c1ccccc1. The van der Waals surface area contributed by atoms with Gasteiger partial charge in [-0.2, -0.15) is 0 Å². The molecule has 1 aliphatic carbocycles. The molecule has 0 saturated heterocycles. The molecule has 0 aromatic heterocycles. The van der Waals surface area contributed by atoms with Gasteiger partial charge in [0.05, 0.1) is 0 Å². The zero-order valence-corrected chi connectivity index (χ0v) is 8.49. The molecule has 2 heteroatoms. The molecular weight excluding hydrogens is 176 g/mol. The van der Waals surface area contributed by atoms with Crippen LogP contribution in [0.4, 0.5) is 0 Å². The molecule has 1 aromatic rings. The minimum absolute atomic E-state index is 0.189. The molecule has 0 spiro atoms. The molecule has 1 fully saturated rings. The number of benzene rings is 1. The third-order valence-electron chi connectivity index (χ3n) is 2.77. The van der Waals surface area contributed by atoms with Gasteiger partial charge >= 0.3 is 5.97 Å². The first-order valence-electron chi connectivity index (χ1n) is 4.86. The zero-order chi connectivity index (χ0) is 10.2. The van der Waals surface area contributed by atoms with E-state index in [0.717, 1.165) is 6.42 Å². The number of hydrogen-bond acceptors (Lipinski definition) is 2. The molecule has 74 valence electrons. The van der Waals surface area contributed by atoms with Crippen LogP contribution in [0.15, 0.2) is 30.3 Å². The number of rotatable bonds is 2. The number of esters is 1. The monoisotopic (exact) mass is 190 g/mol. The van der Waals surface area contributed by atoms with Crippen molar-refractivity contribution in [2.24, 2.45) is 0 Å². The fourth-order valence-corrected chi connectivity index (χ4v) is 1.94. The van der Waals surface area contributed by atoms with Crippen LogP contribution in [0.3, 0.4) is 0 Å². The smallest absolute Gasteiger partial charge is 0.303 e. The molecule has 0 heterocycles. The van der Waals surface area contributed by atoms with E-state index in [1.165, 1.54) is 12.5 Å². The topological polar surface area (TPSA) is 26.3 Å². The van der Waals surface area contributed by atoms with Crippen molar-refractivity contribution in [3.05, 3.63) is 35.9 Å². The summed E-state index contributed by atoms with van der Waals surface area (Å²) >= 11 is 0. The lowest BCUT2D eigenvalue weighted by Crippen LogP contribution is -2.15. The van der Waals surface area contributed by atoms with Gasteiger partial charge in [-0.05, 0) is 18.9 Å². The van der Waals surface area contributed by atoms with Crippen LogP contribution in [0.25, 0.3) is 0 Å². The van der Waals surface area contributed by atoms with Crippen molar-refractivity contribution in [2.45, 2.75) is 31.8 Å². The lowest BCUT2D eigenvalue weighted by atomic mass is 10.1. The van der Waals surface area contributed by atoms with Crippen LogP contribution in [-0.2, 0) is 9.53 Å². The largest absolute Gasteiger partial charge is 0.459 e. The first-order chi connectivity index (χ1) is 6.62. The van der Waals surface area contributed by atoms with Crippen LogP contribution in [-0.4, -0.2) is 11.6 Å². The zero-order valence-electron chi connectivity index (χ0n) is 8.49. The Kier molecular flexibility index (Phi) is 2.06. The minimum Gasteiger partial charge on any atom is -0.459 e. The van der Waals surface area contributed by atoms with Crippen molar-refractivity contribution in [3.63, 3.8) is 0 Å². The van der Waals surface area contributed by atoms with Gasteiger partial charge in [-0.3, -0.25) is 4.79 Å². The average molecular weight is 190 g/mol. The summed E-state index contributed by atoms with van der Waals surface area (Å²) in [5, 5.41) is 0. The molecule has 0 aliphatic heterocycles. The Labute approximate surface area is 83.9 Å². The standard InChI is InChI=1S/C12H14O2/c1-9(13)14-12(2)8-11(12)10-6-4-3-5-7-10/h3-7,11H,8H2,1-2H3/t11-,12+/m0/s1. The van der Waals surface area contributed by atoms with Gasteiger partial charge in [0.2, 0.25) is 0 Å². The second-order valence-electron chi connectivity index (χ2n) is 4.07. The van der Waals surface area contributed by atoms with E-state index in [1.807, 2.05) is 25.1 Å². The highest BCUT2D eigenvalue weighted by atomic mass is 16.6. The van der Waals surface area contributed by atoms with Gasteiger partial charge in [-0.25, -0.2) is 0 Å². The summed E-state index contributed by atoms with van der Waals surface area (Å²) in [4.78, 5) is 10.9. The maximum absolute atomic E-state index is 10.9. The fraction of sp³-hybridized carbons (Fsp3) is 0.417. The highest BCUT2D eigenvalue weighted by molar-refractivity contribution is 5.67. The van der Waals surface area contributed by atoms with E-state index < -0.39 is 0 Å². The van der Waals surface area contributed by atoms with Crippen molar-refractivity contribution in [1.82, 2.24) is 0 Å². The third-order valence-corrected chi connectivity index (χ3v) is 2.77. The molecular formula is C12H14O2. The Balaban J connectivity index is 2.08. The summed E-state index contributed by atoms with van der Waals surface area (Å²) in [5.41, 5.74) is 1.00. The van der Waals surface area contributed by atoms with E-state index in [2.05, 4.69) is 12.1 Å². The van der Waals surface area contributed by atoms with Crippen molar-refractivity contribution >= 4 is 5.97 Å². The van der Waals surface area contributed by atoms with E-state index in [9.17, 15) is 4.79 Å². The first-order valence-corrected chi connectivity index (χ1v) is 4.86. The van der Waals surface area contributed by atoms with Crippen LogP contribution >= 0.6 is 0 Å². The predicted octanol–water partition coefficient (Wildman–Crippen LogP) is 2.50. The second-order valence-corrected chi connectivity index (χ2v) is 4.07. The lowest BCUT2D eigenvalue weighted by molar-refractivity contribution is -0.147. The fourth-order valence-electron chi connectivity index (χ4n) is 1.94. The van der Waals surface area contributed by atoms with Gasteiger partial charge in [0.25, 0.3) is 0 Å². The molecule has 0 bridgehead atoms. The molecule has 0 unspecified atom stereocenters. The van der Waals surface area contributed by atoms with Gasteiger partial charge in [0.1, 0.15) is 5.60 Å². The van der Waals surface area contributed by atoms with Gasteiger partial charge < -0.3 is 4.74 Å². The molecule has 2 rings (SSSR count). The first kappa shape index (κ1) is 9.25. The van der Waals surface area contributed by atoms with E-state index >= 15 is 0 Å². The molecule has 0 amide bonds. The maximum atomic E-state index is 10.9. The molecule has 14 heavy (non-hydrogen) atoms. The van der Waals surface area contributed by atoms with Gasteiger partial charge in [0, 0.05) is 12.8 Å². The van der Waals surface area contributed by atoms with Gasteiger partial charge in [-0.1, -0.05) is 30.3 Å². The maximum Gasteiger partial charge on any atom is 0.303 e. The Morgan fingerprint density at radius 2 is 2.07 bits per heavy atom.